The topological polar surface area (TPSA) is 40.5 Å². The van der Waals surface area contributed by atoms with Gasteiger partial charge in [-0.1, -0.05) is 35.3 Å². The van der Waals surface area contributed by atoms with Crippen LogP contribution in [0.2, 0.25) is 10.0 Å². The van der Waals surface area contributed by atoms with Crippen molar-refractivity contribution >= 4 is 29.1 Å². The number of aliphatic hydroxyl groups excluding tert-OH is 1. The van der Waals surface area contributed by atoms with Crippen LogP contribution in [0.1, 0.15) is 30.6 Å². The van der Waals surface area contributed by atoms with Crippen LogP contribution in [0.25, 0.3) is 11.1 Å². The molecule has 2 aromatic rings. The lowest BCUT2D eigenvalue weighted by Crippen LogP contribution is -2.39. The summed E-state index contributed by atoms with van der Waals surface area (Å²) >= 11 is 12.1. The van der Waals surface area contributed by atoms with Crippen molar-refractivity contribution in [2.45, 2.75) is 26.3 Å². The standard InChI is InChI=1S/C19H21Cl2NO2/c1-3-22(13(2)7-8-23)19(24)15-6-4-5-14(9-15)16-10-17(20)12-18(21)11-16/h4-6,9-13,23H,3,7-8H2,1-2H3/t13-/m1/s1. The van der Waals surface area contributed by atoms with E-state index in [0.29, 0.717) is 28.6 Å². The average molecular weight is 366 g/mol. The van der Waals surface area contributed by atoms with Crippen molar-refractivity contribution in [2.75, 3.05) is 13.2 Å². The molecule has 0 bridgehead atoms. The molecular weight excluding hydrogens is 345 g/mol. The third kappa shape index (κ3) is 4.50. The quantitative estimate of drug-likeness (QED) is 0.791. The Labute approximate surface area is 152 Å². The van der Waals surface area contributed by atoms with Gasteiger partial charge in [-0.3, -0.25) is 4.79 Å². The van der Waals surface area contributed by atoms with E-state index in [4.69, 9.17) is 28.3 Å². The molecule has 0 saturated heterocycles. The minimum Gasteiger partial charge on any atom is -0.396 e. The second kappa shape index (κ2) is 8.52. The number of hydrogen-bond acceptors (Lipinski definition) is 2. The molecule has 2 rings (SSSR count). The lowest BCUT2D eigenvalue weighted by atomic mass is 10.0. The van der Waals surface area contributed by atoms with E-state index in [0.717, 1.165) is 11.1 Å². The molecule has 2 aromatic carbocycles. The highest BCUT2D eigenvalue weighted by Crippen LogP contribution is 2.28. The molecule has 0 unspecified atom stereocenters. The molecule has 1 N–H and O–H groups in total. The minimum absolute atomic E-state index is 0.0169. The summed E-state index contributed by atoms with van der Waals surface area (Å²) in [5.41, 5.74) is 2.36. The Balaban J connectivity index is 2.34. The van der Waals surface area contributed by atoms with E-state index in [-0.39, 0.29) is 18.6 Å². The Bertz CT molecular complexity index is 698. The average Bonchev–Trinajstić information content (AvgIpc) is 2.55. The molecule has 0 aliphatic heterocycles. The molecule has 0 saturated carbocycles. The van der Waals surface area contributed by atoms with Crippen molar-refractivity contribution in [2.24, 2.45) is 0 Å². The first-order valence-corrected chi connectivity index (χ1v) is 8.70. The summed E-state index contributed by atoms with van der Waals surface area (Å²) in [4.78, 5) is 14.6. The maximum atomic E-state index is 12.8. The molecular formula is C19H21Cl2NO2. The highest BCUT2D eigenvalue weighted by Gasteiger charge is 2.20. The van der Waals surface area contributed by atoms with Crippen LogP contribution in [0.15, 0.2) is 42.5 Å². The van der Waals surface area contributed by atoms with Gasteiger partial charge in [0.05, 0.1) is 0 Å². The van der Waals surface area contributed by atoms with Crippen molar-refractivity contribution in [1.29, 1.82) is 0 Å². The maximum Gasteiger partial charge on any atom is 0.254 e. The summed E-state index contributed by atoms with van der Waals surface area (Å²) in [5, 5.41) is 10.2. The largest absolute Gasteiger partial charge is 0.396 e. The van der Waals surface area contributed by atoms with Crippen LogP contribution in [0.3, 0.4) is 0 Å². The normalized spacial score (nSPS) is 12.0. The van der Waals surface area contributed by atoms with Gasteiger partial charge in [-0.05, 0) is 61.7 Å². The number of nitrogens with zero attached hydrogens (tertiary/aromatic N) is 1. The van der Waals surface area contributed by atoms with Gasteiger partial charge in [0.25, 0.3) is 5.91 Å². The van der Waals surface area contributed by atoms with Gasteiger partial charge in [-0.25, -0.2) is 0 Å². The first-order valence-electron chi connectivity index (χ1n) is 7.94. The van der Waals surface area contributed by atoms with Crippen LogP contribution in [0, 0.1) is 0 Å². The number of benzene rings is 2. The second-order valence-corrected chi connectivity index (χ2v) is 6.56. The van der Waals surface area contributed by atoms with Crippen LogP contribution in [0.4, 0.5) is 0 Å². The van der Waals surface area contributed by atoms with Gasteiger partial charge in [0.15, 0.2) is 0 Å². The molecule has 0 aromatic heterocycles. The Morgan fingerprint density at radius 3 is 2.38 bits per heavy atom. The number of amides is 1. The number of carbonyl (C=O) groups excluding carboxylic acids is 1. The Kier molecular flexibility index (Phi) is 6.67. The highest BCUT2D eigenvalue weighted by atomic mass is 35.5. The van der Waals surface area contributed by atoms with Gasteiger partial charge in [0, 0.05) is 34.8 Å². The van der Waals surface area contributed by atoms with Gasteiger partial charge in [0.1, 0.15) is 0 Å². The first kappa shape index (κ1) is 18.8. The molecule has 0 radical (unpaired) electrons. The van der Waals surface area contributed by atoms with Crippen molar-refractivity contribution in [3.8, 4) is 11.1 Å². The van der Waals surface area contributed by atoms with Crippen LogP contribution in [-0.4, -0.2) is 35.1 Å². The van der Waals surface area contributed by atoms with E-state index in [1.807, 2.05) is 44.2 Å². The van der Waals surface area contributed by atoms with E-state index < -0.39 is 0 Å². The van der Waals surface area contributed by atoms with Crippen molar-refractivity contribution in [1.82, 2.24) is 4.90 Å². The van der Waals surface area contributed by atoms with E-state index in [2.05, 4.69) is 0 Å². The monoisotopic (exact) mass is 365 g/mol. The molecule has 0 heterocycles. The summed E-state index contributed by atoms with van der Waals surface area (Å²) in [6.07, 6.45) is 0.559. The fourth-order valence-corrected chi connectivity index (χ4v) is 3.24. The Morgan fingerprint density at radius 2 is 1.79 bits per heavy atom. The van der Waals surface area contributed by atoms with E-state index >= 15 is 0 Å². The SMILES string of the molecule is CCN(C(=O)c1cccc(-c2cc(Cl)cc(Cl)c2)c1)[C@H](C)CCO. The van der Waals surface area contributed by atoms with Crippen molar-refractivity contribution in [3.63, 3.8) is 0 Å². The van der Waals surface area contributed by atoms with Crippen LogP contribution < -0.4 is 0 Å². The third-order valence-electron chi connectivity index (χ3n) is 3.99. The predicted octanol–water partition coefficient (Wildman–Crippen LogP) is 4.89. The van der Waals surface area contributed by atoms with Gasteiger partial charge in [0.2, 0.25) is 0 Å². The van der Waals surface area contributed by atoms with Crippen LogP contribution in [-0.2, 0) is 0 Å². The molecule has 0 aliphatic rings. The Morgan fingerprint density at radius 1 is 1.12 bits per heavy atom. The van der Waals surface area contributed by atoms with Gasteiger partial charge >= 0.3 is 0 Å². The molecule has 128 valence electrons. The third-order valence-corrected chi connectivity index (χ3v) is 4.42. The summed E-state index contributed by atoms with van der Waals surface area (Å²) in [6.45, 7) is 4.53. The van der Waals surface area contributed by atoms with E-state index in [9.17, 15) is 4.79 Å². The number of aliphatic hydroxyl groups is 1. The molecule has 1 atom stereocenters. The summed E-state index contributed by atoms with van der Waals surface area (Å²) < 4.78 is 0. The number of carbonyl (C=O) groups is 1. The minimum atomic E-state index is -0.0478. The Hall–Kier alpha value is -1.55. The maximum absolute atomic E-state index is 12.8. The zero-order valence-electron chi connectivity index (χ0n) is 13.8. The molecule has 0 spiro atoms. The highest BCUT2D eigenvalue weighted by molar-refractivity contribution is 6.35. The molecule has 3 nitrogen and oxygen atoms in total. The zero-order chi connectivity index (χ0) is 17.7. The summed E-state index contributed by atoms with van der Waals surface area (Å²) in [5.74, 6) is -0.0478. The molecule has 1 amide bonds. The zero-order valence-corrected chi connectivity index (χ0v) is 15.3. The fourth-order valence-electron chi connectivity index (χ4n) is 2.72. The van der Waals surface area contributed by atoms with Gasteiger partial charge in [-0.15, -0.1) is 0 Å². The van der Waals surface area contributed by atoms with Crippen LogP contribution in [0.5, 0.6) is 0 Å². The lowest BCUT2D eigenvalue weighted by Gasteiger charge is -2.28. The fraction of sp³-hybridized carbons (Fsp3) is 0.316. The van der Waals surface area contributed by atoms with E-state index in [1.165, 1.54) is 0 Å². The smallest absolute Gasteiger partial charge is 0.254 e. The molecule has 0 aliphatic carbocycles. The summed E-state index contributed by atoms with van der Waals surface area (Å²) in [6, 6.07) is 12.7. The van der Waals surface area contributed by atoms with Crippen LogP contribution >= 0.6 is 23.2 Å². The molecule has 5 heteroatoms. The van der Waals surface area contributed by atoms with Crippen molar-refractivity contribution in [3.05, 3.63) is 58.1 Å². The van der Waals surface area contributed by atoms with Gasteiger partial charge < -0.3 is 10.0 Å². The second-order valence-electron chi connectivity index (χ2n) is 5.69. The molecule has 0 fully saturated rings. The lowest BCUT2D eigenvalue weighted by molar-refractivity contribution is 0.0679. The number of halogens is 2. The molecule has 24 heavy (non-hydrogen) atoms. The van der Waals surface area contributed by atoms with Crippen molar-refractivity contribution < 1.29 is 9.90 Å². The predicted molar refractivity (Wildman–Crippen MR) is 99.8 cm³/mol. The summed E-state index contributed by atoms with van der Waals surface area (Å²) in [7, 11) is 0. The first-order chi connectivity index (χ1) is 11.5. The van der Waals surface area contributed by atoms with Gasteiger partial charge in [-0.2, -0.15) is 0 Å². The van der Waals surface area contributed by atoms with E-state index in [1.54, 1.807) is 17.0 Å². The number of hydrogen-bond donors (Lipinski definition) is 1. The number of rotatable bonds is 6.